The van der Waals surface area contributed by atoms with Gasteiger partial charge in [0.05, 0.1) is 17.5 Å². The lowest BCUT2D eigenvalue weighted by molar-refractivity contribution is 0.100. The Labute approximate surface area is 163 Å². The molecule has 1 aromatic heterocycles. The lowest BCUT2D eigenvalue weighted by Crippen LogP contribution is -2.25. The molecule has 0 saturated heterocycles. The lowest BCUT2D eigenvalue weighted by Gasteiger charge is -2.20. The van der Waals surface area contributed by atoms with Crippen molar-refractivity contribution in [2.24, 2.45) is 11.7 Å². The summed E-state index contributed by atoms with van der Waals surface area (Å²) in [5.74, 6) is 0.202. The first-order valence-corrected chi connectivity index (χ1v) is 10.3. The molecule has 152 valence electrons. The van der Waals surface area contributed by atoms with Crippen LogP contribution in [0.3, 0.4) is 0 Å². The van der Waals surface area contributed by atoms with Gasteiger partial charge in [-0.3, -0.25) is 4.79 Å². The van der Waals surface area contributed by atoms with E-state index in [4.69, 9.17) is 15.7 Å². The van der Waals surface area contributed by atoms with Crippen molar-refractivity contribution >= 4 is 39.2 Å². The second-order valence-corrected chi connectivity index (χ2v) is 8.24. The van der Waals surface area contributed by atoms with E-state index in [0.29, 0.717) is 17.4 Å². The molecule has 0 aliphatic heterocycles. The first-order chi connectivity index (χ1) is 13.0. The predicted octanol–water partition coefficient (Wildman–Crippen LogP) is 1.70. The van der Waals surface area contributed by atoms with Crippen LogP contribution < -0.4 is 26.3 Å². The molecule has 0 saturated carbocycles. The Bertz CT molecular complexity index is 978. The third-order valence-corrected chi connectivity index (χ3v) is 4.41. The van der Waals surface area contributed by atoms with Gasteiger partial charge in [0.15, 0.2) is 5.75 Å². The smallest absolute Gasteiger partial charge is 0.306 e. The average molecular weight is 408 g/mol. The molecule has 1 atom stereocenters. The second-order valence-electron chi connectivity index (χ2n) is 6.66. The largest absolute Gasteiger partial charge is 0.396 e. The molecule has 0 aliphatic rings. The number of rotatable bonds is 8. The number of amides is 1. The maximum atomic E-state index is 11.6. The van der Waals surface area contributed by atoms with E-state index >= 15 is 0 Å². The number of primary amides is 1. The maximum Gasteiger partial charge on any atom is 0.306 e. The zero-order chi connectivity index (χ0) is 21.1. The van der Waals surface area contributed by atoms with E-state index in [0.717, 1.165) is 6.26 Å². The number of nitrogen functional groups attached to an aromatic ring is 1. The standard InChI is InChI=1S/C17H24N6O4S/c1-9(2)10(3)21-16-12(15(19)24)8-20-17(23-16)22-11-5-6-14(13(18)7-11)27-28(4,25)26/h5-10H,18H2,1-4H3,(H2,19,24)(H2,20,21,22,23). The Kier molecular flexibility index (Phi) is 6.29. The Morgan fingerprint density at radius 1 is 1.25 bits per heavy atom. The molecule has 1 amide bonds. The van der Waals surface area contributed by atoms with E-state index < -0.39 is 16.0 Å². The zero-order valence-electron chi connectivity index (χ0n) is 16.1. The first kappa shape index (κ1) is 21.2. The fourth-order valence-electron chi connectivity index (χ4n) is 2.11. The number of benzene rings is 1. The summed E-state index contributed by atoms with van der Waals surface area (Å²) in [6.45, 7) is 6.03. The topological polar surface area (TPSA) is 162 Å². The highest BCUT2D eigenvalue weighted by Crippen LogP contribution is 2.28. The van der Waals surface area contributed by atoms with Crippen molar-refractivity contribution in [1.82, 2.24) is 9.97 Å². The van der Waals surface area contributed by atoms with Crippen LogP contribution in [0.15, 0.2) is 24.4 Å². The van der Waals surface area contributed by atoms with Crippen LogP contribution in [0.5, 0.6) is 5.75 Å². The van der Waals surface area contributed by atoms with Gasteiger partial charge in [-0.25, -0.2) is 4.98 Å². The molecule has 1 unspecified atom stereocenters. The molecule has 0 aliphatic carbocycles. The normalized spacial score (nSPS) is 12.5. The van der Waals surface area contributed by atoms with Crippen LogP contribution in [-0.4, -0.2) is 36.6 Å². The number of anilines is 4. The van der Waals surface area contributed by atoms with Crippen LogP contribution in [0.2, 0.25) is 0 Å². The summed E-state index contributed by atoms with van der Waals surface area (Å²) in [4.78, 5) is 20.1. The highest BCUT2D eigenvalue weighted by Gasteiger charge is 2.16. The number of nitrogens with one attached hydrogen (secondary N) is 2. The van der Waals surface area contributed by atoms with E-state index in [1.807, 2.05) is 20.8 Å². The Hall–Kier alpha value is -3.08. The molecule has 1 aromatic carbocycles. The number of carbonyl (C=O) groups excluding carboxylic acids is 1. The van der Waals surface area contributed by atoms with Gasteiger partial charge in [-0.1, -0.05) is 13.8 Å². The maximum absolute atomic E-state index is 11.6. The van der Waals surface area contributed by atoms with Crippen LogP contribution in [-0.2, 0) is 10.1 Å². The van der Waals surface area contributed by atoms with Crippen molar-refractivity contribution < 1.29 is 17.4 Å². The molecule has 28 heavy (non-hydrogen) atoms. The van der Waals surface area contributed by atoms with Gasteiger partial charge in [-0.15, -0.1) is 0 Å². The van der Waals surface area contributed by atoms with Gasteiger partial charge in [0.25, 0.3) is 5.91 Å². The van der Waals surface area contributed by atoms with E-state index in [2.05, 4.69) is 20.6 Å². The summed E-state index contributed by atoms with van der Waals surface area (Å²) < 4.78 is 27.3. The quantitative estimate of drug-likeness (QED) is 0.376. The van der Waals surface area contributed by atoms with Gasteiger partial charge < -0.3 is 26.3 Å². The Morgan fingerprint density at radius 3 is 2.46 bits per heavy atom. The SMILES string of the molecule is CC(C)C(C)Nc1nc(Nc2ccc(OS(C)(=O)=O)c(N)c2)ncc1C(N)=O. The van der Waals surface area contributed by atoms with Gasteiger partial charge in [0.1, 0.15) is 5.82 Å². The fourth-order valence-corrected chi connectivity index (χ4v) is 2.59. The third kappa shape index (κ3) is 5.71. The highest BCUT2D eigenvalue weighted by molar-refractivity contribution is 7.86. The van der Waals surface area contributed by atoms with Gasteiger partial charge in [0.2, 0.25) is 5.95 Å². The number of aromatic nitrogens is 2. The van der Waals surface area contributed by atoms with Crippen molar-refractivity contribution in [1.29, 1.82) is 0 Å². The van der Waals surface area contributed by atoms with E-state index in [1.165, 1.54) is 18.3 Å². The summed E-state index contributed by atoms with van der Waals surface area (Å²) in [5.41, 5.74) is 12.0. The van der Waals surface area contributed by atoms with E-state index in [-0.39, 0.29) is 29.0 Å². The van der Waals surface area contributed by atoms with Crippen molar-refractivity contribution in [3.63, 3.8) is 0 Å². The molecule has 2 aromatic rings. The number of hydrogen-bond donors (Lipinski definition) is 4. The third-order valence-electron chi connectivity index (χ3n) is 3.93. The summed E-state index contributed by atoms with van der Waals surface area (Å²) in [7, 11) is -3.69. The molecule has 2 rings (SSSR count). The highest BCUT2D eigenvalue weighted by atomic mass is 32.2. The summed E-state index contributed by atoms with van der Waals surface area (Å²) in [6, 6.07) is 4.50. The van der Waals surface area contributed by atoms with Crippen molar-refractivity contribution in [3.8, 4) is 5.75 Å². The average Bonchev–Trinajstić information content (AvgIpc) is 2.56. The molecule has 10 nitrogen and oxygen atoms in total. The molecule has 11 heteroatoms. The zero-order valence-corrected chi connectivity index (χ0v) is 16.9. The number of hydrogen-bond acceptors (Lipinski definition) is 9. The van der Waals surface area contributed by atoms with Gasteiger partial charge in [0, 0.05) is 17.9 Å². The van der Waals surface area contributed by atoms with E-state index in [9.17, 15) is 13.2 Å². The fraction of sp³-hybridized carbons (Fsp3) is 0.353. The van der Waals surface area contributed by atoms with Crippen molar-refractivity contribution in [2.45, 2.75) is 26.8 Å². The minimum absolute atomic E-state index is 0.0196. The summed E-state index contributed by atoms with van der Waals surface area (Å²) in [6.07, 6.45) is 2.26. The number of carbonyl (C=O) groups is 1. The monoisotopic (exact) mass is 408 g/mol. The molecule has 0 bridgehead atoms. The van der Waals surface area contributed by atoms with Crippen LogP contribution in [0.4, 0.5) is 23.1 Å². The number of nitrogens with zero attached hydrogens (tertiary/aromatic N) is 2. The van der Waals surface area contributed by atoms with Crippen LogP contribution in [0.25, 0.3) is 0 Å². The van der Waals surface area contributed by atoms with E-state index in [1.54, 1.807) is 6.07 Å². The van der Waals surface area contributed by atoms with Crippen LogP contribution >= 0.6 is 0 Å². The summed E-state index contributed by atoms with van der Waals surface area (Å²) >= 11 is 0. The molecule has 6 N–H and O–H groups in total. The van der Waals surface area contributed by atoms with Gasteiger partial charge in [-0.2, -0.15) is 13.4 Å². The lowest BCUT2D eigenvalue weighted by atomic mass is 10.1. The minimum Gasteiger partial charge on any atom is -0.396 e. The molecular formula is C17H24N6O4S. The minimum atomic E-state index is -3.69. The molecule has 0 spiro atoms. The van der Waals surface area contributed by atoms with Crippen LogP contribution in [0.1, 0.15) is 31.1 Å². The van der Waals surface area contributed by atoms with Gasteiger partial charge in [-0.05, 0) is 31.0 Å². The Morgan fingerprint density at radius 2 is 1.93 bits per heavy atom. The molecule has 1 heterocycles. The number of nitrogens with two attached hydrogens (primary N) is 2. The molecule has 0 fully saturated rings. The summed E-state index contributed by atoms with van der Waals surface area (Å²) in [5, 5.41) is 6.10. The molecule has 0 radical (unpaired) electrons. The van der Waals surface area contributed by atoms with Crippen molar-refractivity contribution in [3.05, 3.63) is 30.0 Å². The van der Waals surface area contributed by atoms with Crippen molar-refractivity contribution in [2.75, 3.05) is 22.6 Å². The Balaban J connectivity index is 2.28. The predicted molar refractivity (Wildman–Crippen MR) is 108 cm³/mol. The van der Waals surface area contributed by atoms with Crippen LogP contribution in [0, 0.1) is 5.92 Å². The molecular weight excluding hydrogens is 384 g/mol. The van der Waals surface area contributed by atoms with Gasteiger partial charge >= 0.3 is 10.1 Å². The second kappa shape index (κ2) is 8.30. The first-order valence-electron chi connectivity index (χ1n) is 8.45.